The number of benzene rings is 2. The number of rotatable bonds is 7. The maximum absolute atomic E-state index is 13.3. The molecule has 3 aromatic rings. The molecule has 0 spiro atoms. The Kier molecular flexibility index (Phi) is 6.94. The highest BCUT2D eigenvalue weighted by atomic mass is 32.1. The lowest BCUT2D eigenvalue weighted by molar-refractivity contribution is 0.0519. The molecule has 0 fully saturated rings. The van der Waals surface area contributed by atoms with Crippen LogP contribution in [0.15, 0.2) is 54.6 Å². The van der Waals surface area contributed by atoms with E-state index in [1.54, 1.807) is 43.0 Å². The molecule has 152 valence electrons. The number of amides is 1. The lowest BCUT2D eigenvalue weighted by Crippen LogP contribution is -2.33. The van der Waals surface area contributed by atoms with Gasteiger partial charge >= 0.3 is 5.97 Å². The molecule has 6 nitrogen and oxygen atoms in total. The monoisotopic (exact) mass is 419 g/mol. The molecule has 0 radical (unpaired) electrons. The van der Waals surface area contributed by atoms with Crippen molar-refractivity contribution in [1.82, 2.24) is 4.98 Å². The lowest BCUT2D eigenvalue weighted by atomic mass is 10.1. The van der Waals surface area contributed by atoms with E-state index >= 15 is 0 Å². The number of aromatic nitrogens is 1. The number of carbonyl (C=O) groups excluding carboxylic acids is 2. The third-order valence-corrected chi connectivity index (χ3v) is 5.43. The lowest BCUT2D eigenvalue weighted by Gasteiger charge is -2.20. The smallest absolute Gasteiger partial charge is 0.358 e. The number of anilines is 1. The van der Waals surface area contributed by atoms with Crippen LogP contribution in [0.4, 0.5) is 5.13 Å². The van der Waals surface area contributed by atoms with Crippen LogP contribution >= 0.6 is 11.3 Å². The molecule has 1 amide bonds. The Morgan fingerprint density at radius 1 is 1.17 bits per heavy atom. The first kappa shape index (κ1) is 21.2. The maximum Gasteiger partial charge on any atom is 0.358 e. The second-order valence-corrected chi connectivity index (χ2v) is 7.69. The largest absolute Gasteiger partial charge is 0.461 e. The van der Waals surface area contributed by atoms with Gasteiger partial charge in [0.25, 0.3) is 5.91 Å². The third kappa shape index (κ3) is 4.91. The summed E-state index contributed by atoms with van der Waals surface area (Å²) in [5.74, 6) is -0.772. The third-order valence-electron chi connectivity index (χ3n) is 4.44. The van der Waals surface area contributed by atoms with Crippen LogP contribution in [0.25, 0.3) is 0 Å². The molecule has 0 bridgehead atoms. The standard InChI is InChI=1S/C23H21N3O3S/c1-3-29-22(28)20-16(2)30-23(25-20)26(13-12-17-8-5-4-6-9-17)21(27)19-11-7-10-18(14-19)15-24/h4-11,14H,3,12-13H2,1-2H3. The Labute approximate surface area is 179 Å². The van der Waals surface area contributed by atoms with Gasteiger partial charge in [0, 0.05) is 17.0 Å². The predicted molar refractivity (Wildman–Crippen MR) is 116 cm³/mol. The summed E-state index contributed by atoms with van der Waals surface area (Å²) >= 11 is 1.27. The number of ether oxygens (including phenoxy) is 1. The summed E-state index contributed by atoms with van der Waals surface area (Å²) in [5.41, 5.74) is 2.11. The van der Waals surface area contributed by atoms with E-state index in [0.29, 0.717) is 34.1 Å². The number of hydrogen-bond acceptors (Lipinski definition) is 6. The zero-order valence-electron chi connectivity index (χ0n) is 16.8. The maximum atomic E-state index is 13.3. The van der Waals surface area contributed by atoms with Crippen molar-refractivity contribution in [3.05, 3.63) is 81.9 Å². The van der Waals surface area contributed by atoms with E-state index < -0.39 is 5.97 Å². The number of hydrogen-bond donors (Lipinski definition) is 0. The van der Waals surface area contributed by atoms with E-state index in [9.17, 15) is 9.59 Å². The molecule has 0 aliphatic carbocycles. The van der Waals surface area contributed by atoms with Gasteiger partial charge in [0.1, 0.15) is 0 Å². The average molecular weight is 420 g/mol. The second-order valence-electron chi connectivity index (χ2n) is 6.51. The molecule has 1 aromatic heterocycles. The second kappa shape index (κ2) is 9.81. The van der Waals surface area contributed by atoms with E-state index in [4.69, 9.17) is 10.00 Å². The first-order valence-corrected chi connectivity index (χ1v) is 10.4. The van der Waals surface area contributed by atoms with Gasteiger partial charge in [-0.25, -0.2) is 9.78 Å². The van der Waals surface area contributed by atoms with Crippen molar-refractivity contribution in [1.29, 1.82) is 5.26 Å². The van der Waals surface area contributed by atoms with Gasteiger partial charge in [0.15, 0.2) is 10.8 Å². The zero-order chi connectivity index (χ0) is 21.5. The summed E-state index contributed by atoms with van der Waals surface area (Å²) in [6.07, 6.45) is 0.623. The number of carbonyl (C=O) groups is 2. The van der Waals surface area contributed by atoms with Crippen molar-refractivity contribution in [3.63, 3.8) is 0 Å². The van der Waals surface area contributed by atoms with Crippen LogP contribution in [0.5, 0.6) is 0 Å². The Morgan fingerprint density at radius 3 is 2.63 bits per heavy atom. The molecule has 0 aliphatic heterocycles. The van der Waals surface area contributed by atoms with E-state index in [1.165, 1.54) is 11.3 Å². The van der Waals surface area contributed by atoms with Gasteiger partial charge in [-0.05, 0) is 44.0 Å². The quantitative estimate of drug-likeness (QED) is 0.531. The molecular weight excluding hydrogens is 398 g/mol. The van der Waals surface area contributed by atoms with Crippen LogP contribution < -0.4 is 4.90 Å². The van der Waals surface area contributed by atoms with Gasteiger partial charge < -0.3 is 4.74 Å². The van der Waals surface area contributed by atoms with Gasteiger partial charge in [-0.2, -0.15) is 5.26 Å². The van der Waals surface area contributed by atoms with Crippen molar-refractivity contribution < 1.29 is 14.3 Å². The topological polar surface area (TPSA) is 83.3 Å². The Morgan fingerprint density at radius 2 is 1.93 bits per heavy atom. The summed E-state index contributed by atoms with van der Waals surface area (Å²) < 4.78 is 5.07. The summed E-state index contributed by atoms with van der Waals surface area (Å²) in [6.45, 7) is 4.15. The normalized spacial score (nSPS) is 10.3. The van der Waals surface area contributed by atoms with E-state index in [-0.39, 0.29) is 18.2 Å². The number of nitriles is 1. The van der Waals surface area contributed by atoms with Crippen molar-refractivity contribution >= 4 is 28.3 Å². The first-order chi connectivity index (χ1) is 14.5. The molecule has 0 atom stereocenters. The first-order valence-electron chi connectivity index (χ1n) is 9.54. The zero-order valence-corrected chi connectivity index (χ0v) is 17.6. The van der Waals surface area contributed by atoms with Gasteiger partial charge in [-0.1, -0.05) is 36.4 Å². The molecule has 1 heterocycles. The van der Waals surface area contributed by atoms with Crippen LogP contribution in [0.3, 0.4) is 0 Å². The molecule has 0 N–H and O–H groups in total. The highest BCUT2D eigenvalue weighted by Gasteiger charge is 2.25. The van der Waals surface area contributed by atoms with E-state index in [0.717, 1.165) is 5.56 Å². The molecule has 30 heavy (non-hydrogen) atoms. The summed E-state index contributed by atoms with van der Waals surface area (Å²) in [6, 6.07) is 18.4. The van der Waals surface area contributed by atoms with Crippen molar-refractivity contribution in [2.45, 2.75) is 20.3 Å². The van der Waals surface area contributed by atoms with E-state index in [1.807, 2.05) is 30.3 Å². The fourth-order valence-corrected chi connectivity index (χ4v) is 3.85. The molecule has 3 rings (SSSR count). The molecule has 2 aromatic carbocycles. The predicted octanol–water partition coefficient (Wildman–Crippen LogP) is 4.39. The van der Waals surface area contributed by atoms with Crippen LogP contribution in [0, 0.1) is 18.3 Å². The van der Waals surface area contributed by atoms with Gasteiger partial charge in [0.2, 0.25) is 0 Å². The van der Waals surface area contributed by atoms with Crippen molar-refractivity contribution in [2.24, 2.45) is 0 Å². The summed E-state index contributed by atoms with van der Waals surface area (Å²) in [5, 5.41) is 9.60. The molecular formula is C23H21N3O3S. The van der Waals surface area contributed by atoms with Gasteiger partial charge in [-0.15, -0.1) is 11.3 Å². The highest BCUT2D eigenvalue weighted by Crippen LogP contribution is 2.28. The fraction of sp³-hybridized carbons (Fsp3) is 0.217. The SMILES string of the molecule is CCOC(=O)c1nc(N(CCc2ccccc2)C(=O)c2cccc(C#N)c2)sc1C. The highest BCUT2D eigenvalue weighted by molar-refractivity contribution is 7.16. The molecule has 7 heteroatoms. The average Bonchev–Trinajstić information content (AvgIpc) is 3.16. The number of thiazole rings is 1. The van der Waals surface area contributed by atoms with Gasteiger partial charge in [-0.3, -0.25) is 9.69 Å². The number of nitrogens with zero attached hydrogens (tertiary/aromatic N) is 3. The van der Waals surface area contributed by atoms with E-state index in [2.05, 4.69) is 11.1 Å². The van der Waals surface area contributed by atoms with Crippen molar-refractivity contribution in [3.8, 4) is 6.07 Å². The van der Waals surface area contributed by atoms with Gasteiger partial charge in [0.05, 0.1) is 18.2 Å². The minimum Gasteiger partial charge on any atom is -0.461 e. The molecule has 0 aliphatic rings. The molecule has 0 saturated carbocycles. The summed E-state index contributed by atoms with van der Waals surface area (Å²) in [7, 11) is 0. The van der Waals surface area contributed by atoms with Crippen LogP contribution in [0.1, 0.15) is 43.8 Å². The van der Waals surface area contributed by atoms with Crippen LogP contribution in [-0.2, 0) is 11.2 Å². The minimum atomic E-state index is -0.501. The Hall–Kier alpha value is -3.50. The fourth-order valence-electron chi connectivity index (χ4n) is 2.93. The van der Waals surface area contributed by atoms with Crippen LogP contribution in [-0.4, -0.2) is 30.0 Å². The Bertz CT molecular complexity index is 1090. The molecule has 0 saturated heterocycles. The number of esters is 1. The summed E-state index contributed by atoms with van der Waals surface area (Å²) in [4.78, 5) is 32.2. The van der Waals surface area contributed by atoms with Crippen LogP contribution in [0.2, 0.25) is 0 Å². The minimum absolute atomic E-state index is 0.222. The van der Waals surface area contributed by atoms with Crippen molar-refractivity contribution in [2.75, 3.05) is 18.1 Å². The Balaban J connectivity index is 1.95. The molecule has 0 unspecified atom stereocenters. The number of aryl methyl sites for hydroxylation is 1.